The molecule has 7 rings (SSSR count). The van der Waals surface area contributed by atoms with Gasteiger partial charge in [-0.2, -0.15) is 0 Å². The number of fused-ring (bicyclic) bond motifs is 4. The molecule has 2 aliphatic rings. The third kappa shape index (κ3) is 3.55. The van der Waals surface area contributed by atoms with Gasteiger partial charge in [-0.3, -0.25) is 4.79 Å². The molecule has 182 valence electrons. The van der Waals surface area contributed by atoms with E-state index in [2.05, 4.69) is 53.5 Å². The number of anilines is 1. The maximum atomic E-state index is 13.7. The lowest BCUT2D eigenvalue weighted by atomic mass is 9.83. The van der Waals surface area contributed by atoms with Gasteiger partial charge in [0.05, 0.1) is 5.39 Å². The Hall–Kier alpha value is -4.31. The third-order valence-electron chi connectivity index (χ3n) is 7.71. The van der Waals surface area contributed by atoms with E-state index in [1.54, 1.807) is 0 Å². The second-order valence-electron chi connectivity index (χ2n) is 9.92. The van der Waals surface area contributed by atoms with Crippen LogP contribution in [-0.2, 0) is 5.60 Å². The van der Waals surface area contributed by atoms with Crippen molar-refractivity contribution in [1.82, 2.24) is 0 Å². The largest absolute Gasteiger partial charge is 0.472 e. The van der Waals surface area contributed by atoms with Crippen molar-refractivity contribution in [2.24, 2.45) is 0 Å². The van der Waals surface area contributed by atoms with Crippen molar-refractivity contribution in [3.8, 4) is 5.75 Å². The molecule has 0 aliphatic carbocycles. The molecule has 0 amide bonds. The van der Waals surface area contributed by atoms with Crippen molar-refractivity contribution in [3.63, 3.8) is 0 Å². The van der Waals surface area contributed by atoms with Gasteiger partial charge in [-0.15, -0.1) is 0 Å². The molecule has 1 saturated heterocycles. The van der Waals surface area contributed by atoms with Crippen LogP contribution < -0.4 is 15.1 Å². The van der Waals surface area contributed by atoms with Crippen LogP contribution in [0.1, 0.15) is 36.0 Å². The van der Waals surface area contributed by atoms with Crippen LogP contribution in [0, 0.1) is 0 Å². The van der Waals surface area contributed by atoms with Crippen LogP contribution in [-0.4, -0.2) is 13.1 Å². The highest BCUT2D eigenvalue weighted by atomic mass is 16.5. The second-order valence-corrected chi connectivity index (χ2v) is 9.92. The maximum Gasteiger partial charge on any atom is 0.204 e. The summed E-state index contributed by atoms with van der Waals surface area (Å²) in [6, 6.07) is 30.1. The zero-order chi connectivity index (χ0) is 24.8. The summed E-state index contributed by atoms with van der Waals surface area (Å²) in [5, 5.41) is 1.03. The highest BCUT2D eigenvalue weighted by Gasteiger charge is 2.38. The smallest absolute Gasteiger partial charge is 0.204 e. The normalized spacial score (nSPS) is 19.1. The lowest BCUT2D eigenvalue weighted by Crippen LogP contribution is -2.35. The first-order valence-electron chi connectivity index (χ1n) is 13.0. The predicted octanol–water partition coefficient (Wildman–Crippen LogP) is 7.29. The fourth-order valence-corrected chi connectivity index (χ4v) is 5.76. The summed E-state index contributed by atoms with van der Waals surface area (Å²) in [6.07, 6.45) is 7.96. The van der Waals surface area contributed by atoms with Gasteiger partial charge >= 0.3 is 0 Å². The van der Waals surface area contributed by atoms with Crippen LogP contribution >= 0.6 is 0 Å². The first-order valence-corrected chi connectivity index (χ1v) is 13.0. The van der Waals surface area contributed by atoms with Gasteiger partial charge in [0.1, 0.15) is 22.3 Å². The molecule has 1 aromatic heterocycles. The van der Waals surface area contributed by atoms with Crippen molar-refractivity contribution < 1.29 is 9.15 Å². The fraction of sp³-hybridized carbons (Fsp3) is 0.182. The molecule has 4 aromatic carbocycles. The maximum absolute atomic E-state index is 13.7. The van der Waals surface area contributed by atoms with E-state index in [9.17, 15) is 4.79 Å². The van der Waals surface area contributed by atoms with Gasteiger partial charge in [0.15, 0.2) is 5.60 Å². The van der Waals surface area contributed by atoms with Gasteiger partial charge in [0, 0.05) is 35.5 Å². The number of ether oxygens (including phenoxy) is 1. The third-order valence-corrected chi connectivity index (χ3v) is 7.71. The van der Waals surface area contributed by atoms with Gasteiger partial charge < -0.3 is 14.1 Å². The molecule has 5 aromatic rings. The molecule has 2 aliphatic heterocycles. The van der Waals surface area contributed by atoms with Gasteiger partial charge in [-0.1, -0.05) is 60.7 Å². The number of para-hydroxylation sites is 1. The molecular weight excluding hydrogens is 458 g/mol. The highest BCUT2D eigenvalue weighted by molar-refractivity contribution is 5.96. The summed E-state index contributed by atoms with van der Waals surface area (Å²) < 4.78 is 13.1. The Bertz CT molecular complexity index is 1700. The molecule has 0 radical (unpaired) electrons. The molecule has 3 heterocycles. The lowest BCUT2D eigenvalue weighted by molar-refractivity contribution is 0.163. The van der Waals surface area contributed by atoms with E-state index in [-0.39, 0.29) is 5.43 Å². The number of piperidine rings is 1. The van der Waals surface area contributed by atoms with Gasteiger partial charge in [0.2, 0.25) is 5.43 Å². The van der Waals surface area contributed by atoms with E-state index in [0.717, 1.165) is 29.8 Å². The summed E-state index contributed by atoms with van der Waals surface area (Å²) >= 11 is 0. The standard InChI is InChI=1S/C33H27NO3/c35-31-27-11-5-6-12-28(27)36-29-18-13-23-19-20-33(37-32(23)30(29)31,24-9-3-1-4-10-24)25-14-16-26(17-15-25)34-21-7-2-8-22-34/h1,3-6,9-20H,2,7-8,21-22H2. The molecule has 4 nitrogen and oxygen atoms in total. The van der Waals surface area contributed by atoms with E-state index in [4.69, 9.17) is 9.15 Å². The minimum Gasteiger partial charge on any atom is -0.472 e. The molecule has 1 atom stereocenters. The molecule has 1 fully saturated rings. The zero-order valence-corrected chi connectivity index (χ0v) is 20.5. The molecule has 4 heteroatoms. The van der Waals surface area contributed by atoms with Crippen LogP contribution in [0.15, 0.2) is 106 Å². The number of nitrogens with zero attached hydrogens (tertiary/aromatic N) is 1. The quantitative estimate of drug-likeness (QED) is 0.252. The summed E-state index contributed by atoms with van der Waals surface area (Å²) in [5.74, 6) is 0.559. The number of hydrogen-bond acceptors (Lipinski definition) is 4. The Kier molecular flexibility index (Phi) is 5.14. The Morgan fingerprint density at radius 3 is 2.24 bits per heavy atom. The average molecular weight is 486 g/mol. The molecule has 0 saturated carbocycles. The first-order chi connectivity index (χ1) is 18.2. The first kappa shape index (κ1) is 21.9. The number of hydrogen-bond donors (Lipinski definition) is 0. The topological polar surface area (TPSA) is 42.7 Å². The Balaban J connectivity index is 1.41. The van der Waals surface area contributed by atoms with Gasteiger partial charge in [0.25, 0.3) is 0 Å². The lowest BCUT2D eigenvalue weighted by Gasteiger charge is -2.37. The van der Waals surface area contributed by atoms with Crippen LogP contribution in [0.25, 0.3) is 28.0 Å². The zero-order valence-electron chi connectivity index (χ0n) is 20.5. The van der Waals surface area contributed by atoms with E-state index < -0.39 is 5.60 Å². The Morgan fingerprint density at radius 1 is 0.703 bits per heavy atom. The van der Waals surface area contributed by atoms with Crippen LogP contribution in [0.4, 0.5) is 5.69 Å². The van der Waals surface area contributed by atoms with E-state index in [1.165, 1.54) is 24.9 Å². The summed E-state index contributed by atoms with van der Waals surface area (Å²) in [4.78, 5) is 16.2. The van der Waals surface area contributed by atoms with Gasteiger partial charge in [-0.05, 0) is 61.7 Å². The van der Waals surface area contributed by atoms with Crippen LogP contribution in [0.5, 0.6) is 5.75 Å². The predicted molar refractivity (Wildman–Crippen MR) is 149 cm³/mol. The molecule has 1 unspecified atom stereocenters. The van der Waals surface area contributed by atoms with Crippen molar-refractivity contribution in [2.45, 2.75) is 24.9 Å². The minimum atomic E-state index is -0.874. The monoisotopic (exact) mass is 485 g/mol. The molecule has 0 bridgehead atoms. The molecule has 37 heavy (non-hydrogen) atoms. The summed E-state index contributed by atoms with van der Waals surface area (Å²) in [7, 11) is 0. The van der Waals surface area contributed by atoms with Crippen molar-refractivity contribution in [3.05, 3.63) is 124 Å². The van der Waals surface area contributed by atoms with Gasteiger partial charge in [-0.25, -0.2) is 0 Å². The number of rotatable bonds is 3. The average Bonchev–Trinajstić information content (AvgIpc) is 2.98. The minimum absolute atomic E-state index is 0.0774. The van der Waals surface area contributed by atoms with Crippen molar-refractivity contribution in [1.29, 1.82) is 0 Å². The molecule has 0 spiro atoms. The van der Waals surface area contributed by atoms with E-state index in [0.29, 0.717) is 27.7 Å². The fourth-order valence-electron chi connectivity index (χ4n) is 5.76. The molecular formula is C33H27NO3. The van der Waals surface area contributed by atoms with E-state index in [1.807, 2.05) is 54.6 Å². The summed E-state index contributed by atoms with van der Waals surface area (Å²) in [5.41, 5.74) is 4.28. The van der Waals surface area contributed by atoms with Crippen molar-refractivity contribution in [2.75, 3.05) is 18.0 Å². The van der Waals surface area contributed by atoms with Crippen LogP contribution in [0.3, 0.4) is 0 Å². The van der Waals surface area contributed by atoms with Crippen molar-refractivity contribution >= 4 is 33.7 Å². The molecule has 0 N–H and O–H groups in total. The number of benzene rings is 4. The highest BCUT2D eigenvalue weighted by Crippen LogP contribution is 2.45. The second kappa shape index (κ2) is 8.67. The SMILES string of the molecule is O=c1c2ccccc2oc2ccc3c(c12)OC(c1ccccc1)(c1ccc(N2CCCCC2)cc1)C=C3. The Morgan fingerprint density at radius 2 is 1.43 bits per heavy atom. The Labute approximate surface area is 215 Å². The van der Waals surface area contributed by atoms with E-state index >= 15 is 0 Å². The van der Waals surface area contributed by atoms with Crippen LogP contribution in [0.2, 0.25) is 0 Å². The summed E-state index contributed by atoms with van der Waals surface area (Å²) in [6.45, 7) is 2.20.